The number of carbonyl (C=O) groups excluding carboxylic acids is 4. The quantitative estimate of drug-likeness (QED) is 0.178. The SMILES string of the molecule is CSC(CC(=O)NCCSSCCN1C(=O)CC(SC)C1=O)C(=O)C(=O)O. The van der Waals surface area contributed by atoms with Gasteiger partial charge in [0.15, 0.2) is 0 Å². The zero-order valence-corrected chi connectivity index (χ0v) is 18.2. The molecule has 0 spiro atoms. The molecular weight excluding hydrogens is 432 g/mol. The van der Waals surface area contributed by atoms with E-state index < -0.39 is 17.0 Å². The predicted octanol–water partition coefficient (Wildman–Crippen LogP) is 0.750. The van der Waals surface area contributed by atoms with Gasteiger partial charge in [0.2, 0.25) is 17.7 Å². The van der Waals surface area contributed by atoms with Crippen molar-refractivity contribution in [2.45, 2.75) is 23.3 Å². The number of ketones is 1. The highest BCUT2D eigenvalue weighted by Crippen LogP contribution is 2.25. The zero-order chi connectivity index (χ0) is 20.4. The van der Waals surface area contributed by atoms with Crippen molar-refractivity contribution in [2.75, 3.05) is 37.1 Å². The van der Waals surface area contributed by atoms with Gasteiger partial charge in [-0.05, 0) is 12.5 Å². The smallest absolute Gasteiger partial charge is 0.373 e. The van der Waals surface area contributed by atoms with E-state index in [2.05, 4.69) is 5.32 Å². The number of hydrogen-bond donors (Lipinski definition) is 2. The van der Waals surface area contributed by atoms with Crippen molar-refractivity contribution in [2.24, 2.45) is 0 Å². The van der Waals surface area contributed by atoms with Gasteiger partial charge in [-0.15, -0.1) is 0 Å². The fourth-order valence-corrected chi connectivity index (χ4v) is 5.34. The number of imide groups is 1. The van der Waals surface area contributed by atoms with Crippen molar-refractivity contribution in [3.8, 4) is 0 Å². The Morgan fingerprint density at radius 3 is 2.44 bits per heavy atom. The number of hydrogen-bond acceptors (Lipinski definition) is 9. The molecule has 152 valence electrons. The Hall–Kier alpha value is -0.850. The summed E-state index contributed by atoms with van der Waals surface area (Å²) in [5.74, 6) is -1.90. The number of thioether (sulfide) groups is 2. The Morgan fingerprint density at radius 1 is 1.22 bits per heavy atom. The van der Waals surface area contributed by atoms with Crippen LogP contribution in [0.15, 0.2) is 0 Å². The molecule has 1 heterocycles. The van der Waals surface area contributed by atoms with Gasteiger partial charge in [-0.1, -0.05) is 21.6 Å². The van der Waals surface area contributed by atoms with E-state index in [1.807, 2.05) is 6.26 Å². The van der Waals surface area contributed by atoms with Crippen LogP contribution in [0.5, 0.6) is 0 Å². The molecule has 0 bridgehead atoms. The number of aliphatic carboxylic acids is 1. The molecule has 0 aliphatic carbocycles. The maximum Gasteiger partial charge on any atom is 0.373 e. The van der Waals surface area contributed by atoms with Gasteiger partial charge in [-0.2, -0.15) is 23.5 Å². The van der Waals surface area contributed by atoms with Gasteiger partial charge in [0.1, 0.15) is 0 Å². The standard InChI is InChI=1S/C15H22N2O6S4/c1-24-9(13(20)15(22)23)7-11(18)16-3-5-26-27-6-4-17-12(19)8-10(25-2)14(17)21/h9-10H,3-8H2,1-2H3,(H,16,18)(H,22,23). The van der Waals surface area contributed by atoms with Crippen molar-refractivity contribution in [1.82, 2.24) is 10.2 Å². The Morgan fingerprint density at radius 2 is 1.89 bits per heavy atom. The Balaban J connectivity index is 2.14. The summed E-state index contributed by atoms with van der Waals surface area (Å²) in [7, 11) is 3.01. The molecule has 12 heteroatoms. The molecule has 2 unspecified atom stereocenters. The van der Waals surface area contributed by atoms with Gasteiger partial charge < -0.3 is 10.4 Å². The Kier molecular flexibility index (Phi) is 11.3. The van der Waals surface area contributed by atoms with Crippen LogP contribution in [0, 0.1) is 0 Å². The molecule has 0 aromatic heterocycles. The fourth-order valence-electron chi connectivity index (χ4n) is 2.21. The van der Waals surface area contributed by atoms with E-state index in [4.69, 9.17) is 5.11 Å². The first kappa shape index (κ1) is 24.2. The van der Waals surface area contributed by atoms with E-state index >= 15 is 0 Å². The van der Waals surface area contributed by atoms with E-state index in [1.165, 1.54) is 38.2 Å². The van der Waals surface area contributed by atoms with Crippen molar-refractivity contribution < 1.29 is 29.1 Å². The summed E-state index contributed by atoms with van der Waals surface area (Å²) in [4.78, 5) is 58.8. The normalized spacial score (nSPS) is 17.9. The molecule has 0 aromatic carbocycles. The molecule has 0 radical (unpaired) electrons. The molecular formula is C15H22N2O6S4. The van der Waals surface area contributed by atoms with Crippen molar-refractivity contribution in [3.63, 3.8) is 0 Å². The van der Waals surface area contributed by atoms with E-state index in [0.717, 1.165) is 11.8 Å². The lowest BCUT2D eigenvalue weighted by Gasteiger charge is -2.14. The summed E-state index contributed by atoms with van der Waals surface area (Å²) in [6.45, 7) is 0.764. The van der Waals surface area contributed by atoms with Gasteiger partial charge >= 0.3 is 5.97 Å². The van der Waals surface area contributed by atoms with Gasteiger partial charge in [0.05, 0.1) is 10.5 Å². The number of amides is 3. The highest BCUT2D eigenvalue weighted by molar-refractivity contribution is 8.76. The maximum atomic E-state index is 11.9. The number of carbonyl (C=O) groups is 5. The van der Waals surface area contributed by atoms with Crippen LogP contribution in [0.25, 0.3) is 0 Å². The van der Waals surface area contributed by atoms with Crippen molar-refractivity contribution >= 4 is 74.6 Å². The second kappa shape index (κ2) is 12.6. The third kappa shape index (κ3) is 7.96. The van der Waals surface area contributed by atoms with E-state index in [1.54, 1.807) is 6.26 Å². The maximum absolute atomic E-state index is 11.9. The molecule has 2 atom stereocenters. The summed E-state index contributed by atoms with van der Waals surface area (Å²) in [5, 5.41) is 10.2. The molecule has 8 nitrogen and oxygen atoms in total. The second-order valence-corrected chi connectivity index (χ2v) is 10.2. The third-order valence-electron chi connectivity index (χ3n) is 3.63. The number of carboxylic acids is 1. The highest BCUT2D eigenvalue weighted by Gasteiger charge is 2.37. The lowest BCUT2D eigenvalue weighted by molar-refractivity contribution is -0.149. The molecule has 0 saturated carbocycles. The lowest BCUT2D eigenvalue weighted by Crippen LogP contribution is -2.34. The van der Waals surface area contributed by atoms with Crippen LogP contribution in [-0.4, -0.2) is 87.1 Å². The van der Waals surface area contributed by atoms with Crippen molar-refractivity contribution in [3.05, 3.63) is 0 Å². The average Bonchev–Trinajstić information content (AvgIpc) is 2.91. The van der Waals surface area contributed by atoms with Gasteiger partial charge in [0, 0.05) is 37.4 Å². The van der Waals surface area contributed by atoms with Crippen molar-refractivity contribution in [1.29, 1.82) is 0 Å². The summed E-state index contributed by atoms with van der Waals surface area (Å²) >= 11 is 2.43. The number of nitrogens with one attached hydrogen (secondary N) is 1. The van der Waals surface area contributed by atoms with E-state index in [-0.39, 0.29) is 35.8 Å². The lowest BCUT2D eigenvalue weighted by atomic mass is 10.2. The van der Waals surface area contributed by atoms with Gasteiger partial charge in [0.25, 0.3) is 5.78 Å². The summed E-state index contributed by atoms with van der Waals surface area (Å²) in [6.07, 6.45) is 3.50. The predicted molar refractivity (Wildman–Crippen MR) is 111 cm³/mol. The number of nitrogens with zero attached hydrogens (tertiary/aromatic N) is 1. The van der Waals surface area contributed by atoms with Crippen LogP contribution < -0.4 is 5.32 Å². The van der Waals surface area contributed by atoms with Crippen LogP contribution in [0.1, 0.15) is 12.8 Å². The molecule has 1 aliphatic heterocycles. The molecule has 27 heavy (non-hydrogen) atoms. The molecule has 2 N–H and O–H groups in total. The largest absolute Gasteiger partial charge is 0.475 e. The second-order valence-electron chi connectivity index (χ2n) is 5.40. The first-order valence-corrected chi connectivity index (χ1v) is 13.1. The van der Waals surface area contributed by atoms with E-state index in [0.29, 0.717) is 24.6 Å². The molecule has 1 aliphatic rings. The molecule has 1 saturated heterocycles. The highest BCUT2D eigenvalue weighted by atomic mass is 33.1. The molecule has 3 amide bonds. The fraction of sp³-hybridized carbons (Fsp3) is 0.667. The Labute approximate surface area is 174 Å². The van der Waals surface area contributed by atoms with Gasteiger partial charge in [-0.25, -0.2) is 4.79 Å². The number of rotatable bonds is 13. The number of Topliss-reactive ketones (excluding diaryl/α,β-unsaturated/α-hetero) is 1. The zero-order valence-electron chi connectivity index (χ0n) is 15.0. The minimum atomic E-state index is -1.53. The first-order valence-electron chi connectivity index (χ1n) is 7.99. The number of carboxylic acid groups (broad SMARTS) is 1. The van der Waals surface area contributed by atoms with Crippen LogP contribution in [0.2, 0.25) is 0 Å². The summed E-state index contributed by atoms with van der Waals surface area (Å²) < 4.78 is 0. The molecule has 0 aromatic rings. The average molecular weight is 455 g/mol. The monoisotopic (exact) mass is 454 g/mol. The minimum Gasteiger partial charge on any atom is -0.475 e. The Bertz CT molecular complexity index is 589. The number of likely N-dealkylation sites (tertiary alicyclic amines) is 1. The summed E-state index contributed by atoms with van der Waals surface area (Å²) in [6, 6.07) is 0. The molecule has 1 rings (SSSR count). The van der Waals surface area contributed by atoms with Crippen LogP contribution in [-0.2, 0) is 24.0 Å². The van der Waals surface area contributed by atoms with Crippen LogP contribution >= 0.6 is 45.1 Å². The molecule has 1 fully saturated rings. The third-order valence-corrected chi connectivity index (χ3v) is 7.91. The van der Waals surface area contributed by atoms with Crippen LogP contribution in [0.4, 0.5) is 0 Å². The van der Waals surface area contributed by atoms with E-state index in [9.17, 15) is 24.0 Å². The van der Waals surface area contributed by atoms with Crippen LogP contribution in [0.3, 0.4) is 0 Å². The topological polar surface area (TPSA) is 121 Å². The summed E-state index contributed by atoms with van der Waals surface area (Å²) in [5.41, 5.74) is 0. The van der Waals surface area contributed by atoms with Gasteiger partial charge in [-0.3, -0.25) is 24.1 Å². The minimum absolute atomic E-state index is 0.121. The first-order chi connectivity index (χ1) is 12.8.